The highest BCUT2D eigenvalue weighted by Crippen LogP contribution is 2.37. The van der Waals surface area contributed by atoms with Crippen molar-refractivity contribution < 1.29 is 14.2 Å². The molecule has 0 spiro atoms. The summed E-state index contributed by atoms with van der Waals surface area (Å²) in [5.74, 6) is 1.05. The molecule has 0 fully saturated rings. The normalized spacial score (nSPS) is 10.3. The first-order valence-corrected chi connectivity index (χ1v) is 8.25. The van der Waals surface area contributed by atoms with Crippen LogP contribution in [0, 0.1) is 0 Å². The number of ether oxygens (including phenoxy) is 3. The third kappa shape index (κ3) is 5.09. The van der Waals surface area contributed by atoms with Gasteiger partial charge in [0.1, 0.15) is 11.6 Å². The second-order valence-corrected chi connectivity index (χ2v) is 5.83. The molecule has 1 N–H and O–H groups in total. The van der Waals surface area contributed by atoms with Gasteiger partial charge in [0.2, 0.25) is 0 Å². The van der Waals surface area contributed by atoms with Crippen molar-refractivity contribution in [3.63, 3.8) is 0 Å². The Morgan fingerprint density at radius 2 is 1.92 bits per heavy atom. The summed E-state index contributed by atoms with van der Waals surface area (Å²) >= 11 is 11.7. The number of methoxy groups -OCH3 is 2. The van der Waals surface area contributed by atoms with Crippen LogP contribution in [0.25, 0.3) is 0 Å². The molecular weight excluding hydrogens is 346 g/mol. The third-order valence-corrected chi connectivity index (χ3v) is 3.97. The predicted octanol–water partition coefficient (Wildman–Crippen LogP) is 3.84. The largest absolute Gasteiger partial charge is 0.493 e. The molecule has 0 bridgehead atoms. The van der Waals surface area contributed by atoms with E-state index in [-0.39, 0.29) is 0 Å². The zero-order chi connectivity index (χ0) is 17.4. The molecule has 0 aliphatic rings. The average Bonchev–Trinajstić information content (AvgIpc) is 2.61. The van der Waals surface area contributed by atoms with Gasteiger partial charge in [-0.05, 0) is 17.7 Å². The Labute approximate surface area is 152 Å². The molecule has 2 aromatic carbocycles. The molecule has 0 atom stereocenters. The summed E-state index contributed by atoms with van der Waals surface area (Å²) in [5, 5.41) is 3.56. The summed E-state index contributed by atoms with van der Waals surface area (Å²) in [5.41, 5.74) is 1.83. The van der Waals surface area contributed by atoms with Gasteiger partial charge in [-0.2, -0.15) is 0 Å². The van der Waals surface area contributed by atoms with Gasteiger partial charge in [-0.25, -0.2) is 0 Å². The van der Waals surface area contributed by atoms with E-state index in [1.54, 1.807) is 20.3 Å². The van der Waals surface area contributed by atoms with Crippen LogP contribution < -0.4 is 14.8 Å². The lowest BCUT2D eigenvalue weighted by Gasteiger charge is -2.15. The molecule has 0 aliphatic carbocycles. The summed E-state index contributed by atoms with van der Waals surface area (Å²) < 4.78 is 16.2. The van der Waals surface area contributed by atoms with Crippen molar-refractivity contribution in [2.75, 3.05) is 27.4 Å². The molecular formula is C18H20ClNO3S. The van der Waals surface area contributed by atoms with Crippen LogP contribution in [0.3, 0.4) is 0 Å². The number of hydrogen-bond donors (Lipinski definition) is 1. The van der Waals surface area contributed by atoms with Crippen molar-refractivity contribution in [2.45, 2.75) is 6.61 Å². The van der Waals surface area contributed by atoms with Gasteiger partial charge in [0, 0.05) is 19.2 Å². The van der Waals surface area contributed by atoms with E-state index in [0.29, 0.717) is 41.3 Å². The number of hydrogen-bond acceptors (Lipinski definition) is 4. The molecule has 128 valence electrons. The molecule has 6 heteroatoms. The minimum absolute atomic E-state index is 0.410. The van der Waals surface area contributed by atoms with Crippen molar-refractivity contribution in [3.8, 4) is 11.5 Å². The molecule has 2 rings (SSSR count). The fourth-order valence-corrected chi connectivity index (χ4v) is 2.57. The molecule has 0 unspecified atom stereocenters. The first-order chi connectivity index (χ1) is 11.7. The van der Waals surface area contributed by atoms with E-state index in [1.165, 1.54) is 0 Å². The summed E-state index contributed by atoms with van der Waals surface area (Å²) in [6.45, 7) is 1.61. The van der Waals surface area contributed by atoms with Crippen molar-refractivity contribution in [3.05, 3.63) is 58.6 Å². The molecule has 0 radical (unpaired) electrons. The van der Waals surface area contributed by atoms with E-state index in [0.717, 1.165) is 11.1 Å². The second-order valence-electron chi connectivity index (χ2n) is 5.01. The Kier molecular flexibility index (Phi) is 7.31. The first kappa shape index (κ1) is 18.5. The number of halogens is 1. The Balaban J connectivity index is 2.13. The van der Waals surface area contributed by atoms with E-state index in [9.17, 15) is 0 Å². The van der Waals surface area contributed by atoms with Gasteiger partial charge >= 0.3 is 0 Å². The highest BCUT2D eigenvalue weighted by Gasteiger charge is 2.14. The van der Waals surface area contributed by atoms with E-state index in [1.807, 2.05) is 36.4 Å². The fraction of sp³-hybridized carbons (Fsp3) is 0.278. The number of rotatable bonds is 8. The number of benzene rings is 2. The molecule has 24 heavy (non-hydrogen) atoms. The molecule has 0 heterocycles. The highest BCUT2D eigenvalue weighted by molar-refractivity contribution is 7.80. The van der Waals surface area contributed by atoms with Crippen molar-refractivity contribution >= 4 is 28.8 Å². The van der Waals surface area contributed by atoms with Crippen LogP contribution in [0.2, 0.25) is 5.02 Å². The van der Waals surface area contributed by atoms with Crippen molar-refractivity contribution in [2.24, 2.45) is 0 Å². The molecule has 0 saturated carbocycles. The maximum Gasteiger partial charge on any atom is 0.180 e. The molecule has 0 amide bonds. The van der Waals surface area contributed by atoms with E-state index in [4.69, 9.17) is 38.0 Å². The van der Waals surface area contributed by atoms with Gasteiger partial charge in [0.05, 0.1) is 18.7 Å². The third-order valence-electron chi connectivity index (χ3n) is 3.31. The van der Waals surface area contributed by atoms with Crippen molar-refractivity contribution in [1.29, 1.82) is 0 Å². The lowest BCUT2D eigenvalue weighted by Crippen LogP contribution is -2.26. The number of thiocarbonyl (C=S) groups is 1. The molecule has 0 aromatic heterocycles. The van der Waals surface area contributed by atoms with Crippen LogP contribution >= 0.6 is 23.8 Å². The van der Waals surface area contributed by atoms with Crippen LogP contribution in [0.1, 0.15) is 11.1 Å². The summed E-state index contributed by atoms with van der Waals surface area (Å²) in [6, 6.07) is 13.5. The van der Waals surface area contributed by atoms with Crippen LogP contribution in [-0.4, -0.2) is 32.4 Å². The van der Waals surface area contributed by atoms with Gasteiger partial charge in [-0.15, -0.1) is 0 Å². The molecule has 0 saturated heterocycles. The molecule has 2 aromatic rings. The van der Waals surface area contributed by atoms with Crippen LogP contribution in [0.4, 0.5) is 0 Å². The van der Waals surface area contributed by atoms with Gasteiger partial charge < -0.3 is 19.5 Å². The lowest BCUT2D eigenvalue weighted by atomic mass is 10.2. The smallest absolute Gasteiger partial charge is 0.180 e. The summed E-state index contributed by atoms with van der Waals surface area (Å²) in [6.07, 6.45) is 0. The van der Waals surface area contributed by atoms with Crippen LogP contribution in [0.15, 0.2) is 42.5 Å². The predicted molar refractivity (Wildman–Crippen MR) is 100 cm³/mol. The fourth-order valence-electron chi connectivity index (χ4n) is 2.09. The maximum absolute atomic E-state index is 6.37. The van der Waals surface area contributed by atoms with Gasteiger partial charge in [-0.1, -0.05) is 54.2 Å². The van der Waals surface area contributed by atoms with E-state index >= 15 is 0 Å². The van der Waals surface area contributed by atoms with Crippen LogP contribution in [-0.2, 0) is 11.3 Å². The minimum Gasteiger partial charge on any atom is -0.493 e. The quantitative estimate of drug-likeness (QED) is 0.568. The molecule has 4 nitrogen and oxygen atoms in total. The zero-order valence-electron chi connectivity index (χ0n) is 13.7. The summed E-state index contributed by atoms with van der Waals surface area (Å²) in [7, 11) is 3.22. The SMILES string of the molecule is COCCNC(=S)c1cc(Cl)c(OCc2ccccc2)c(OC)c1. The Bertz CT molecular complexity index is 679. The highest BCUT2D eigenvalue weighted by atomic mass is 35.5. The Morgan fingerprint density at radius 1 is 1.17 bits per heavy atom. The monoisotopic (exact) mass is 365 g/mol. The Hall–Kier alpha value is -1.82. The van der Waals surface area contributed by atoms with E-state index < -0.39 is 0 Å². The minimum atomic E-state index is 0.410. The lowest BCUT2D eigenvalue weighted by molar-refractivity contribution is 0.204. The second kappa shape index (κ2) is 9.47. The van der Waals surface area contributed by atoms with Gasteiger partial charge in [0.15, 0.2) is 11.5 Å². The van der Waals surface area contributed by atoms with Crippen LogP contribution in [0.5, 0.6) is 11.5 Å². The number of nitrogens with one attached hydrogen (secondary N) is 1. The standard InChI is InChI=1S/C18H20ClNO3S/c1-21-9-8-20-18(24)14-10-15(19)17(16(11-14)22-2)23-12-13-6-4-3-5-7-13/h3-7,10-11H,8-9,12H2,1-2H3,(H,20,24). The topological polar surface area (TPSA) is 39.7 Å². The average molecular weight is 366 g/mol. The van der Waals surface area contributed by atoms with E-state index in [2.05, 4.69) is 5.32 Å². The van der Waals surface area contributed by atoms with Gasteiger partial charge in [0.25, 0.3) is 0 Å². The Morgan fingerprint density at radius 3 is 2.58 bits per heavy atom. The first-order valence-electron chi connectivity index (χ1n) is 7.47. The van der Waals surface area contributed by atoms with Gasteiger partial charge in [-0.3, -0.25) is 0 Å². The van der Waals surface area contributed by atoms with Crippen molar-refractivity contribution in [1.82, 2.24) is 5.32 Å². The summed E-state index contributed by atoms with van der Waals surface area (Å²) in [4.78, 5) is 0.585. The molecule has 0 aliphatic heterocycles. The maximum atomic E-state index is 6.37. The zero-order valence-corrected chi connectivity index (χ0v) is 15.2.